The monoisotopic (exact) mass is 286 g/mol. The first-order valence-corrected chi connectivity index (χ1v) is 6.02. The van der Waals surface area contributed by atoms with Gasteiger partial charge >= 0.3 is 0 Å². The smallest absolute Gasteiger partial charge is 0.280 e. The normalized spacial score (nSPS) is 9.19. The summed E-state index contributed by atoms with van der Waals surface area (Å²) < 4.78 is 0. The summed E-state index contributed by atoms with van der Waals surface area (Å²) in [6.45, 7) is 1.31. The maximum Gasteiger partial charge on any atom is 0.280 e. The molecule has 6 nitrogen and oxygen atoms in total. The summed E-state index contributed by atoms with van der Waals surface area (Å²) >= 11 is 0. The predicted octanol–water partition coefficient (Wildman–Crippen LogP) is 2.32. The van der Waals surface area contributed by atoms with Crippen LogP contribution in [0.15, 0.2) is 54.6 Å². The molecule has 108 valence electrons. The van der Waals surface area contributed by atoms with E-state index in [-0.39, 0.29) is 22.9 Å². The van der Waals surface area contributed by atoms with Crippen LogP contribution in [-0.4, -0.2) is 16.6 Å². The lowest BCUT2D eigenvalue weighted by atomic mass is 10.0. The largest absolute Gasteiger partial charge is 0.370 e. The fraction of sp³-hybridized carbons (Fsp3) is 0.0667. The van der Waals surface area contributed by atoms with E-state index in [1.54, 1.807) is 42.5 Å². The van der Waals surface area contributed by atoms with Gasteiger partial charge in [-0.05, 0) is 6.07 Å². The number of nitro benzene ring substituents is 1. The van der Waals surface area contributed by atoms with Crippen molar-refractivity contribution in [2.24, 2.45) is 5.73 Å². The lowest BCUT2D eigenvalue weighted by Gasteiger charge is -2.01. The van der Waals surface area contributed by atoms with Crippen LogP contribution in [0.1, 0.15) is 22.8 Å². The molecule has 2 N–H and O–H groups in total. The zero-order valence-electron chi connectivity index (χ0n) is 11.4. The molecule has 0 unspecified atom stereocenters. The van der Waals surface area contributed by atoms with Crippen molar-refractivity contribution in [2.75, 3.05) is 0 Å². The number of amides is 1. The molecule has 2 aromatic carbocycles. The van der Waals surface area contributed by atoms with Gasteiger partial charge in [-0.3, -0.25) is 19.7 Å². The Morgan fingerprint density at radius 3 is 2.00 bits per heavy atom. The first-order valence-electron chi connectivity index (χ1n) is 6.02. The summed E-state index contributed by atoms with van der Waals surface area (Å²) in [6.07, 6.45) is 0. The maximum atomic E-state index is 12.1. The fourth-order valence-electron chi connectivity index (χ4n) is 1.57. The van der Waals surface area contributed by atoms with Crippen LogP contribution in [0.3, 0.4) is 0 Å². The Kier molecular flexibility index (Phi) is 5.76. The molecule has 0 radical (unpaired) electrons. The minimum absolute atomic E-state index is 0.115. The highest BCUT2D eigenvalue weighted by Crippen LogP contribution is 2.20. The van der Waals surface area contributed by atoms with Crippen molar-refractivity contribution in [2.45, 2.75) is 6.92 Å². The second-order valence-electron chi connectivity index (χ2n) is 4.08. The van der Waals surface area contributed by atoms with Crippen molar-refractivity contribution < 1.29 is 14.5 Å². The van der Waals surface area contributed by atoms with Gasteiger partial charge in [0, 0.05) is 18.6 Å². The second-order valence-corrected chi connectivity index (χ2v) is 4.08. The number of para-hydroxylation sites is 1. The molecule has 0 aromatic heterocycles. The van der Waals surface area contributed by atoms with Crippen LogP contribution in [0.2, 0.25) is 0 Å². The molecule has 0 heterocycles. The van der Waals surface area contributed by atoms with Gasteiger partial charge in [0.25, 0.3) is 5.69 Å². The average molecular weight is 286 g/mol. The standard InChI is InChI=1S/C13H9NO3.C2H5NO/c15-13(10-6-2-1-3-7-10)11-8-4-5-9-12(11)14(16)17;1-2(3)4/h1-9H;1H3,(H2,3,4). The number of carbonyl (C=O) groups is 2. The molecule has 1 amide bonds. The van der Waals surface area contributed by atoms with Gasteiger partial charge in [0.2, 0.25) is 5.91 Å². The van der Waals surface area contributed by atoms with Crippen LogP contribution in [0.4, 0.5) is 5.69 Å². The maximum absolute atomic E-state index is 12.1. The topological polar surface area (TPSA) is 103 Å². The molecule has 2 aromatic rings. The van der Waals surface area contributed by atoms with E-state index in [0.29, 0.717) is 5.56 Å². The van der Waals surface area contributed by atoms with Gasteiger partial charge in [-0.2, -0.15) is 0 Å². The number of hydrogen-bond donors (Lipinski definition) is 1. The van der Waals surface area contributed by atoms with Crippen molar-refractivity contribution in [1.82, 2.24) is 0 Å². The molecule has 21 heavy (non-hydrogen) atoms. The van der Waals surface area contributed by atoms with E-state index in [9.17, 15) is 19.7 Å². The van der Waals surface area contributed by atoms with E-state index in [0.717, 1.165) is 0 Å². The Labute approximate surface area is 121 Å². The number of ketones is 1. The lowest BCUT2D eigenvalue weighted by molar-refractivity contribution is -0.385. The third kappa shape index (κ3) is 4.87. The van der Waals surface area contributed by atoms with E-state index in [4.69, 9.17) is 0 Å². The molecule has 0 spiro atoms. The highest BCUT2D eigenvalue weighted by atomic mass is 16.6. The van der Waals surface area contributed by atoms with Gasteiger partial charge < -0.3 is 5.73 Å². The van der Waals surface area contributed by atoms with Crippen LogP contribution in [0, 0.1) is 10.1 Å². The van der Waals surface area contributed by atoms with E-state index < -0.39 is 4.92 Å². The molecule has 0 atom stereocenters. The third-order valence-corrected chi connectivity index (χ3v) is 2.38. The Morgan fingerprint density at radius 1 is 1.00 bits per heavy atom. The molecule has 6 heteroatoms. The molecular weight excluding hydrogens is 272 g/mol. The number of carbonyl (C=O) groups excluding carboxylic acids is 2. The van der Waals surface area contributed by atoms with Crippen molar-refractivity contribution in [3.8, 4) is 0 Å². The summed E-state index contributed by atoms with van der Waals surface area (Å²) in [4.78, 5) is 31.6. The number of nitrogens with zero attached hydrogens (tertiary/aromatic N) is 1. The fourth-order valence-corrected chi connectivity index (χ4v) is 1.57. The number of primary amides is 1. The van der Waals surface area contributed by atoms with Gasteiger partial charge in [-0.1, -0.05) is 42.5 Å². The molecule has 0 aliphatic carbocycles. The summed E-state index contributed by atoms with van der Waals surface area (Å²) in [6, 6.07) is 14.5. The number of nitro groups is 1. The molecule has 0 bridgehead atoms. The SMILES string of the molecule is CC(N)=O.O=C(c1ccccc1)c1ccccc1[N+](=O)[O-]. The van der Waals surface area contributed by atoms with E-state index in [1.165, 1.54) is 19.1 Å². The summed E-state index contributed by atoms with van der Waals surface area (Å²) in [7, 11) is 0. The van der Waals surface area contributed by atoms with Gasteiger partial charge in [-0.25, -0.2) is 0 Å². The minimum atomic E-state index is -0.545. The number of rotatable bonds is 3. The summed E-state index contributed by atoms with van der Waals surface area (Å²) in [5.41, 5.74) is 4.87. The second kappa shape index (κ2) is 7.54. The molecular formula is C15H14N2O4. The molecule has 0 aliphatic rings. The van der Waals surface area contributed by atoms with E-state index >= 15 is 0 Å². The minimum Gasteiger partial charge on any atom is -0.370 e. The molecule has 0 saturated heterocycles. The van der Waals surface area contributed by atoms with Crippen LogP contribution >= 0.6 is 0 Å². The number of nitrogens with two attached hydrogens (primary N) is 1. The highest BCUT2D eigenvalue weighted by molar-refractivity contribution is 6.11. The van der Waals surface area contributed by atoms with E-state index in [1.807, 2.05) is 0 Å². The zero-order valence-corrected chi connectivity index (χ0v) is 11.4. The van der Waals surface area contributed by atoms with E-state index in [2.05, 4.69) is 5.73 Å². The third-order valence-electron chi connectivity index (χ3n) is 2.38. The Morgan fingerprint density at radius 2 is 1.48 bits per heavy atom. The Bertz CT molecular complexity index is 650. The first kappa shape index (κ1) is 16.0. The lowest BCUT2D eigenvalue weighted by Crippen LogP contribution is -2.04. The number of benzene rings is 2. The summed E-state index contributed by atoms with van der Waals surface area (Å²) in [5.74, 6) is -0.669. The van der Waals surface area contributed by atoms with Gasteiger partial charge in [0.05, 0.1) is 4.92 Å². The highest BCUT2D eigenvalue weighted by Gasteiger charge is 2.19. The summed E-state index contributed by atoms with van der Waals surface area (Å²) in [5, 5.41) is 10.8. The predicted molar refractivity (Wildman–Crippen MR) is 77.8 cm³/mol. The zero-order chi connectivity index (χ0) is 15.8. The van der Waals surface area contributed by atoms with Crippen LogP contribution in [0.25, 0.3) is 0 Å². The van der Waals surface area contributed by atoms with Crippen LogP contribution in [0.5, 0.6) is 0 Å². The van der Waals surface area contributed by atoms with Crippen molar-refractivity contribution in [3.63, 3.8) is 0 Å². The van der Waals surface area contributed by atoms with Gasteiger partial charge in [0.15, 0.2) is 5.78 Å². The number of hydrogen-bond acceptors (Lipinski definition) is 4. The quantitative estimate of drug-likeness (QED) is 0.531. The molecule has 0 aliphatic heterocycles. The van der Waals surface area contributed by atoms with Crippen LogP contribution < -0.4 is 5.73 Å². The van der Waals surface area contributed by atoms with Crippen molar-refractivity contribution in [3.05, 3.63) is 75.8 Å². The average Bonchev–Trinajstić information content (AvgIpc) is 2.47. The molecule has 0 saturated carbocycles. The van der Waals surface area contributed by atoms with Crippen molar-refractivity contribution >= 4 is 17.4 Å². The first-order chi connectivity index (χ1) is 9.93. The molecule has 0 fully saturated rings. The van der Waals surface area contributed by atoms with Gasteiger partial charge in [0.1, 0.15) is 5.56 Å². The Balaban J connectivity index is 0.000000491. The van der Waals surface area contributed by atoms with Gasteiger partial charge in [-0.15, -0.1) is 0 Å². The van der Waals surface area contributed by atoms with Crippen molar-refractivity contribution in [1.29, 1.82) is 0 Å². The molecule has 2 rings (SSSR count). The van der Waals surface area contributed by atoms with Crippen LogP contribution in [-0.2, 0) is 4.79 Å². The Hall–Kier alpha value is -3.02.